The molecule has 0 aliphatic carbocycles. The summed E-state index contributed by atoms with van der Waals surface area (Å²) < 4.78 is 0. The molecule has 0 saturated heterocycles. The van der Waals surface area contributed by atoms with E-state index in [2.05, 4.69) is 32.9 Å². The van der Waals surface area contributed by atoms with Crippen LogP contribution in [0.3, 0.4) is 0 Å². The Morgan fingerprint density at radius 2 is 1.55 bits per heavy atom. The first-order valence-electron chi connectivity index (χ1n) is 2.90. The molecule has 1 radical (unpaired) electrons. The van der Waals surface area contributed by atoms with Crippen LogP contribution in [0, 0.1) is 35.6 Å². The smallest absolute Gasteiger partial charge is 0.358 e. The summed E-state index contributed by atoms with van der Waals surface area (Å²) in [5.74, 6) is 0. The Balaban J connectivity index is -0.000000213. The van der Waals surface area contributed by atoms with Crippen LogP contribution in [-0.2, 0) is 26.2 Å². The molecule has 0 nitrogen and oxygen atoms in total. The van der Waals surface area contributed by atoms with Gasteiger partial charge in [-0.15, -0.1) is 0 Å². The van der Waals surface area contributed by atoms with Crippen molar-refractivity contribution in [1.82, 2.24) is 0 Å². The van der Waals surface area contributed by atoms with Crippen molar-refractivity contribution in [2.75, 3.05) is 0 Å². The summed E-state index contributed by atoms with van der Waals surface area (Å²) in [5.41, 5.74) is 4.19. The van der Waals surface area contributed by atoms with Crippen LogP contribution in [-0.4, -0.2) is 0 Å². The second-order valence-corrected chi connectivity index (χ2v) is 2.40. The molecular weight excluding hydrogens is 211 g/mol. The van der Waals surface area contributed by atoms with E-state index in [9.17, 15) is 0 Å². The van der Waals surface area contributed by atoms with Gasteiger partial charge in [0.25, 0.3) is 0 Å². The predicted octanol–water partition coefficient (Wildman–Crippen LogP) is 3.23. The largest absolute Gasteiger partial charge is 3.00 e. The Bertz CT molecular complexity index is 167. The summed E-state index contributed by atoms with van der Waals surface area (Å²) in [6.07, 6.45) is 0. The molecule has 11 heavy (non-hydrogen) atoms. The topological polar surface area (TPSA) is 0 Å². The molecular formula is C10H17Zr. The zero-order chi connectivity index (χ0) is 6.15. The second-order valence-electron chi connectivity index (χ2n) is 2.40. The van der Waals surface area contributed by atoms with Gasteiger partial charge in [-0.3, -0.25) is 0 Å². The maximum absolute atomic E-state index is 2.20. The van der Waals surface area contributed by atoms with Crippen LogP contribution in [0.25, 0.3) is 0 Å². The summed E-state index contributed by atoms with van der Waals surface area (Å²) >= 11 is 0. The summed E-state index contributed by atoms with van der Waals surface area (Å²) in [4.78, 5) is 0. The first kappa shape index (κ1) is 17.4. The first-order valence-corrected chi connectivity index (χ1v) is 2.90. The Hall–Kier alpha value is 0.233. The fraction of sp³-hybridized carbons (Fsp3) is 0.300. The fourth-order valence-electron chi connectivity index (χ4n) is 0.952. The van der Waals surface area contributed by atoms with Crippen molar-refractivity contribution in [2.45, 2.75) is 20.8 Å². The maximum atomic E-state index is 2.20. The third-order valence-corrected chi connectivity index (χ3v) is 1.51. The Kier molecular flexibility index (Phi) is 10.9. The second kappa shape index (κ2) is 6.91. The average Bonchev–Trinajstić information content (AvgIpc) is 1.85. The Morgan fingerprint density at radius 1 is 1.09 bits per heavy atom. The van der Waals surface area contributed by atoms with Gasteiger partial charge in [0.15, 0.2) is 0 Å². The van der Waals surface area contributed by atoms with Crippen LogP contribution in [0.4, 0.5) is 0 Å². The van der Waals surface area contributed by atoms with Crippen LogP contribution in [0.2, 0.25) is 0 Å². The van der Waals surface area contributed by atoms with Crippen LogP contribution in [0.15, 0.2) is 12.1 Å². The van der Waals surface area contributed by atoms with Gasteiger partial charge < -0.3 is 14.9 Å². The molecule has 1 heteroatoms. The molecule has 0 amide bonds. The van der Waals surface area contributed by atoms with Gasteiger partial charge in [0, 0.05) is 0 Å². The Morgan fingerprint density at radius 3 is 1.64 bits per heavy atom. The average molecular weight is 228 g/mol. The summed E-state index contributed by atoms with van der Waals surface area (Å²) in [6, 6.07) is 4.41. The van der Waals surface area contributed by atoms with Crippen molar-refractivity contribution in [1.29, 1.82) is 0 Å². The van der Waals surface area contributed by atoms with Crippen molar-refractivity contribution in [3.8, 4) is 0 Å². The van der Waals surface area contributed by atoms with Gasteiger partial charge >= 0.3 is 26.2 Å². The van der Waals surface area contributed by atoms with Crippen molar-refractivity contribution >= 4 is 0 Å². The van der Waals surface area contributed by atoms with E-state index in [4.69, 9.17) is 0 Å². The minimum Gasteiger partial charge on any atom is -0.358 e. The normalized spacial score (nSPS) is 7.18. The zero-order valence-corrected chi connectivity index (χ0v) is 10.6. The van der Waals surface area contributed by atoms with Gasteiger partial charge in [-0.1, -0.05) is 20.8 Å². The number of rotatable bonds is 0. The number of aryl methyl sites for hydroxylation is 3. The van der Waals surface area contributed by atoms with Crippen LogP contribution in [0.5, 0.6) is 0 Å². The SMILES string of the molecule is Cc1cc(C)c(C)[cH-]1.[CH3-].[CH3-].[Zr+3]. The molecule has 1 aromatic rings. The Labute approximate surface area is 90.5 Å². The summed E-state index contributed by atoms with van der Waals surface area (Å²) in [6.45, 7) is 6.41. The molecule has 0 unspecified atom stereocenters. The number of hydrogen-bond acceptors (Lipinski definition) is 0. The van der Waals surface area contributed by atoms with Gasteiger partial charge in [-0.25, -0.2) is 6.07 Å². The molecule has 0 atom stereocenters. The van der Waals surface area contributed by atoms with E-state index in [1.54, 1.807) is 0 Å². The third-order valence-electron chi connectivity index (χ3n) is 1.51. The molecule has 1 rings (SSSR count). The minimum absolute atomic E-state index is 0. The van der Waals surface area contributed by atoms with E-state index in [1.165, 1.54) is 16.7 Å². The molecule has 0 N–H and O–H groups in total. The zero-order valence-electron chi connectivity index (χ0n) is 8.15. The summed E-state index contributed by atoms with van der Waals surface area (Å²) in [7, 11) is 0. The fourth-order valence-corrected chi connectivity index (χ4v) is 0.952. The molecule has 0 aliphatic rings. The van der Waals surface area contributed by atoms with E-state index < -0.39 is 0 Å². The van der Waals surface area contributed by atoms with E-state index >= 15 is 0 Å². The van der Waals surface area contributed by atoms with E-state index in [0.717, 1.165) is 0 Å². The molecule has 0 fully saturated rings. The van der Waals surface area contributed by atoms with Crippen molar-refractivity contribution in [2.24, 2.45) is 0 Å². The quantitative estimate of drug-likeness (QED) is 0.598. The first-order chi connectivity index (χ1) is 3.70. The number of hydrogen-bond donors (Lipinski definition) is 0. The minimum atomic E-state index is 0. The maximum Gasteiger partial charge on any atom is 3.00 e. The van der Waals surface area contributed by atoms with Crippen molar-refractivity contribution in [3.63, 3.8) is 0 Å². The van der Waals surface area contributed by atoms with Gasteiger partial charge in [0.2, 0.25) is 0 Å². The van der Waals surface area contributed by atoms with Crippen molar-refractivity contribution in [3.05, 3.63) is 43.7 Å². The molecule has 0 aromatic heterocycles. The molecule has 0 saturated carbocycles. The predicted molar refractivity (Wildman–Crippen MR) is 49.1 cm³/mol. The van der Waals surface area contributed by atoms with Crippen LogP contribution < -0.4 is 0 Å². The van der Waals surface area contributed by atoms with Crippen LogP contribution >= 0.6 is 0 Å². The van der Waals surface area contributed by atoms with Gasteiger partial charge in [-0.05, 0) is 0 Å². The molecule has 1 aromatic carbocycles. The van der Waals surface area contributed by atoms with Crippen LogP contribution in [0.1, 0.15) is 16.7 Å². The van der Waals surface area contributed by atoms with E-state index in [-0.39, 0.29) is 41.1 Å². The van der Waals surface area contributed by atoms with Gasteiger partial charge in [0.1, 0.15) is 0 Å². The molecule has 0 bridgehead atoms. The van der Waals surface area contributed by atoms with Gasteiger partial charge in [0.05, 0.1) is 0 Å². The van der Waals surface area contributed by atoms with E-state index in [0.29, 0.717) is 0 Å². The molecule has 0 aliphatic heterocycles. The molecule has 0 heterocycles. The van der Waals surface area contributed by atoms with E-state index in [1.807, 2.05) is 0 Å². The van der Waals surface area contributed by atoms with Crippen molar-refractivity contribution < 1.29 is 26.2 Å². The third kappa shape index (κ3) is 4.64. The molecule has 0 spiro atoms. The molecule has 61 valence electrons. The monoisotopic (exact) mass is 227 g/mol. The summed E-state index contributed by atoms with van der Waals surface area (Å²) in [5, 5.41) is 0. The standard InChI is InChI=1S/C8H11.2CH3.Zr/c1-6-4-7(2)8(3)5-6;;;/h4-5H,1-3H3;2*1H3;/q3*-1;+3. The van der Waals surface area contributed by atoms with Gasteiger partial charge in [-0.2, -0.15) is 22.8 Å².